The first kappa shape index (κ1) is 15.2. The maximum Gasteiger partial charge on any atom is 0.244 e. The van der Waals surface area contributed by atoms with Gasteiger partial charge in [-0.3, -0.25) is 0 Å². The Labute approximate surface area is 119 Å². The summed E-state index contributed by atoms with van der Waals surface area (Å²) in [7, 11) is -3.54. The van der Waals surface area contributed by atoms with Crippen LogP contribution in [0, 0.1) is 11.8 Å². The van der Waals surface area contributed by atoms with Gasteiger partial charge in [-0.2, -0.15) is 4.31 Å². The van der Waals surface area contributed by atoms with Crippen molar-refractivity contribution in [3.8, 4) is 5.88 Å². The first-order valence-corrected chi connectivity index (χ1v) is 8.13. The Hall–Kier alpha value is -1.18. The Kier molecular flexibility index (Phi) is 4.62. The summed E-state index contributed by atoms with van der Waals surface area (Å²) < 4.78 is 31.6. The molecule has 1 saturated heterocycles. The minimum absolute atomic E-state index is 0.000400. The molecule has 7 heteroatoms. The van der Waals surface area contributed by atoms with Crippen molar-refractivity contribution in [2.75, 3.05) is 26.3 Å². The fourth-order valence-corrected chi connectivity index (χ4v) is 3.87. The first-order valence-electron chi connectivity index (χ1n) is 6.69. The number of pyridine rings is 1. The molecule has 0 aromatic carbocycles. The van der Waals surface area contributed by atoms with E-state index in [1.807, 2.05) is 13.8 Å². The maximum atomic E-state index is 12.5. The zero-order chi connectivity index (χ0) is 14.8. The van der Waals surface area contributed by atoms with Crippen LogP contribution in [0.4, 0.5) is 0 Å². The van der Waals surface area contributed by atoms with E-state index in [9.17, 15) is 13.5 Å². The SMILES string of the molecule is CCOc1ccc(S(=O)(=O)N2C[C@@H](CO)[C@H](C)C2)cn1. The molecule has 1 fully saturated rings. The highest BCUT2D eigenvalue weighted by Crippen LogP contribution is 2.28. The maximum absolute atomic E-state index is 12.5. The molecule has 1 aromatic rings. The average Bonchev–Trinajstić information content (AvgIpc) is 2.82. The zero-order valence-corrected chi connectivity index (χ0v) is 12.5. The molecule has 1 aromatic heterocycles. The van der Waals surface area contributed by atoms with Crippen molar-refractivity contribution in [3.63, 3.8) is 0 Å². The largest absolute Gasteiger partial charge is 0.478 e. The van der Waals surface area contributed by atoms with Crippen LogP contribution in [-0.2, 0) is 10.0 Å². The fraction of sp³-hybridized carbons (Fsp3) is 0.615. The number of nitrogens with zero attached hydrogens (tertiary/aromatic N) is 2. The second kappa shape index (κ2) is 6.07. The van der Waals surface area contributed by atoms with Gasteiger partial charge in [0.05, 0.1) is 12.8 Å². The summed E-state index contributed by atoms with van der Waals surface area (Å²) in [5, 5.41) is 9.24. The summed E-state index contributed by atoms with van der Waals surface area (Å²) in [5.74, 6) is 0.570. The van der Waals surface area contributed by atoms with Crippen LogP contribution in [0.15, 0.2) is 23.2 Å². The molecule has 0 spiro atoms. The van der Waals surface area contributed by atoms with Gasteiger partial charge in [-0.25, -0.2) is 13.4 Å². The molecule has 0 bridgehead atoms. The van der Waals surface area contributed by atoms with Crippen molar-refractivity contribution in [2.24, 2.45) is 11.8 Å². The van der Waals surface area contributed by atoms with Gasteiger partial charge in [-0.15, -0.1) is 0 Å². The number of hydrogen-bond acceptors (Lipinski definition) is 5. The predicted molar refractivity (Wildman–Crippen MR) is 73.9 cm³/mol. The van der Waals surface area contributed by atoms with Gasteiger partial charge in [-0.1, -0.05) is 6.92 Å². The number of aliphatic hydroxyl groups is 1. The lowest BCUT2D eigenvalue weighted by molar-refractivity contribution is 0.210. The highest BCUT2D eigenvalue weighted by Gasteiger charge is 2.36. The van der Waals surface area contributed by atoms with Gasteiger partial charge in [0.1, 0.15) is 4.90 Å². The van der Waals surface area contributed by atoms with Gasteiger partial charge in [0.25, 0.3) is 0 Å². The highest BCUT2D eigenvalue weighted by molar-refractivity contribution is 7.89. The number of aromatic nitrogens is 1. The first-order chi connectivity index (χ1) is 9.48. The molecule has 1 N–H and O–H groups in total. The molecule has 2 heterocycles. The molecule has 0 saturated carbocycles. The molecular formula is C13H20N2O4S. The van der Waals surface area contributed by atoms with Crippen molar-refractivity contribution in [1.29, 1.82) is 0 Å². The number of ether oxygens (including phenoxy) is 1. The third kappa shape index (κ3) is 2.94. The molecule has 0 unspecified atom stereocenters. The minimum Gasteiger partial charge on any atom is -0.478 e. The molecular weight excluding hydrogens is 280 g/mol. The van der Waals surface area contributed by atoms with Gasteiger partial charge in [0.2, 0.25) is 15.9 Å². The number of rotatable bonds is 5. The van der Waals surface area contributed by atoms with Crippen molar-refractivity contribution >= 4 is 10.0 Å². The molecule has 6 nitrogen and oxygen atoms in total. The van der Waals surface area contributed by atoms with Crippen LogP contribution in [0.25, 0.3) is 0 Å². The van der Waals surface area contributed by atoms with E-state index in [0.717, 1.165) is 0 Å². The molecule has 1 aliphatic rings. The summed E-state index contributed by atoms with van der Waals surface area (Å²) in [6, 6.07) is 3.06. The lowest BCUT2D eigenvalue weighted by Crippen LogP contribution is -2.29. The Morgan fingerprint density at radius 2 is 2.20 bits per heavy atom. The van der Waals surface area contributed by atoms with Crippen molar-refractivity contribution < 1.29 is 18.3 Å². The van der Waals surface area contributed by atoms with Gasteiger partial charge < -0.3 is 9.84 Å². The summed E-state index contributed by atoms with van der Waals surface area (Å²) in [6.45, 7) is 5.07. The second-order valence-electron chi connectivity index (χ2n) is 5.01. The molecule has 0 aliphatic carbocycles. The van der Waals surface area contributed by atoms with Crippen LogP contribution in [0.3, 0.4) is 0 Å². The van der Waals surface area contributed by atoms with Crippen LogP contribution < -0.4 is 4.74 Å². The van der Waals surface area contributed by atoms with E-state index in [0.29, 0.717) is 25.6 Å². The van der Waals surface area contributed by atoms with E-state index in [-0.39, 0.29) is 23.3 Å². The molecule has 1 aliphatic heterocycles. The Morgan fingerprint density at radius 3 is 2.70 bits per heavy atom. The summed E-state index contributed by atoms with van der Waals surface area (Å²) >= 11 is 0. The molecule has 0 radical (unpaired) electrons. The van der Waals surface area contributed by atoms with Crippen LogP contribution >= 0.6 is 0 Å². The van der Waals surface area contributed by atoms with E-state index in [1.165, 1.54) is 16.6 Å². The number of sulfonamides is 1. The minimum atomic E-state index is -3.54. The monoisotopic (exact) mass is 300 g/mol. The average molecular weight is 300 g/mol. The van der Waals surface area contributed by atoms with Crippen LogP contribution in [0.2, 0.25) is 0 Å². The molecule has 112 valence electrons. The Balaban J connectivity index is 2.18. The van der Waals surface area contributed by atoms with Gasteiger partial charge in [0.15, 0.2) is 0 Å². The summed E-state index contributed by atoms with van der Waals surface area (Å²) in [6.07, 6.45) is 1.32. The van der Waals surface area contributed by atoms with Crippen LogP contribution in [0.5, 0.6) is 5.88 Å². The lowest BCUT2D eigenvalue weighted by Gasteiger charge is -2.16. The van der Waals surface area contributed by atoms with Gasteiger partial charge in [0, 0.05) is 25.8 Å². The van der Waals surface area contributed by atoms with Gasteiger partial charge >= 0.3 is 0 Å². The van der Waals surface area contributed by atoms with E-state index in [4.69, 9.17) is 4.74 Å². The predicted octanol–water partition coefficient (Wildman–Crippen LogP) is 0.729. The van der Waals surface area contributed by atoms with Crippen LogP contribution in [0.1, 0.15) is 13.8 Å². The Bertz CT molecular complexity index is 544. The molecule has 0 amide bonds. The van der Waals surface area contributed by atoms with Crippen molar-refractivity contribution in [3.05, 3.63) is 18.3 Å². The van der Waals surface area contributed by atoms with Gasteiger partial charge in [-0.05, 0) is 24.8 Å². The van der Waals surface area contributed by atoms with E-state index in [2.05, 4.69) is 4.98 Å². The zero-order valence-electron chi connectivity index (χ0n) is 11.7. The Morgan fingerprint density at radius 1 is 1.45 bits per heavy atom. The highest BCUT2D eigenvalue weighted by atomic mass is 32.2. The van der Waals surface area contributed by atoms with E-state index >= 15 is 0 Å². The molecule has 2 rings (SSSR count). The van der Waals surface area contributed by atoms with Crippen molar-refractivity contribution in [2.45, 2.75) is 18.7 Å². The fourth-order valence-electron chi connectivity index (χ4n) is 2.32. The van der Waals surface area contributed by atoms with Crippen molar-refractivity contribution in [1.82, 2.24) is 9.29 Å². The third-order valence-corrected chi connectivity index (χ3v) is 5.42. The normalized spacial score (nSPS) is 23.9. The molecule has 2 atom stereocenters. The third-order valence-electron chi connectivity index (χ3n) is 3.61. The smallest absolute Gasteiger partial charge is 0.244 e. The molecule has 20 heavy (non-hydrogen) atoms. The quantitative estimate of drug-likeness (QED) is 0.867. The second-order valence-corrected chi connectivity index (χ2v) is 6.95. The summed E-state index contributed by atoms with van der Waals surface area (Å²) in [4.78, 5) is 4.15. The standard InChI is InChI=1S/C13H20N2O4S/c1-3-19-13-5-4-12(6-14-13)20(17,18)15-7-10(2)11(8-15)9-16/h4-6,10-11,16H,3,7-9H2,1-2H3/t10-,11+/m1/s1. The number of aliphatic hydroxyl groups excluding tert-OH is 1. The number of hydrogen-bond donors (Lipinski definition) is 1. The van der Waals surface area contributed by atoms with E-state index in [1.54, 1.807) is 6.07 Å². The lowest BCUT2D eigenvalue weighted by atomic mass is 10.00. The summed E-state index contributed by atoms with van der Waals surface area (Å²) in [5.41, 5.74) is 0. The topological polar surface area (TPSA) is 79.7 Å². The van der Waals surface area contributed by atoms with Crippen LogP contribution in [-0.4, -0.2) is 49.1 Å². The van der Waals surface area contributed by atoms with E-state index < -0.39 is 10.0 Å².